The van der Waals surface area contributed by atoms with Crippen LogP contribution in [0.5, 0.6) is 17.2 Å². The van der Waals surface area contributed by atoms with Crippen molar-refractivity contribution < 1.29 is 19.0 Å². The van der Waals surface area contributed by atoms with Gasteiger partial charge in [-0.1, -0.05) is 23.7 Å². The van der Waals surface area contributed by atoms with Crippen LogP contribution in [0.2, 0.25) is 5.02 Å². The van der Waals surface area contributed by atoms with Gasteiger partial charge >= 0.3 is 0 Å². The van der Waals surface area contributed by atoms with E-state index in [0.717, 1.165) is 16.8 Å². The predicted molar refractivity (Wildman–Crippen MR) is 102 cm³/mol. The first-order chi connectivity index (χ1) is 12.5. The maximum Gasteiger partial charge on any atom is 0.255 e. The van der Waals surface area contributed by atoms with Crippen molar-refractivity contribution in [2.24, 2.45) is 0 Å². The van der Waals surface area contributed by atoms with Gasteiger partial charge in [0, 0.05) is 16.3 Å². The molecule has 3 rings (SSSR count). The molecule has 0 radical (unpaired) electrons. The maximum absolute atomic E-state index is 12.3. The van der Waals surface area contributed by atoms with Gasteiger partial charge in [0.25, 0.3) is 5.91 Å². The van der Waals surface area contributed by atoms with Gasteiger partial charge in [0.2, 0.25) is 5.75 Å². The van der Waals surface area contributed by atoms with E-state index in [9.17, 15) is 4.79 Å². The van der Waals surface area contributed by atoms with E-state index in [0.29, 0.717) is 27.8 Å². The van der Waals surface area contributed by atoms with Crippen LogP contribution in [0.3, 0.4) is 0 Å². The van der Waals surface area contributed by atoms with E-state index < -0.39 is 0 Å². The van der Waals surface area contributed by atoms with Crippen LogP contribution in [0.25, 0.3) is 11.8 Å². The Kier molecular flexibility index (Phi) is 5.19. The summed E-state index contributed by atoms with van der Waals surface area (Å²) < 4.78 is 16.0. The number of benzene rings is 2. The largest absolute Gasteiger partial charge is 0.493 e. The molecule has 1 aliphatic rings. The van der Waals surface area contributed by atoms with Gasteiger partial charge in [0.1, 0.15) is 0 Å². The highest BCUT2D eigenvalue weighted by Gasteiger charge is 2.20. The van der Waals surface area contributed by atoms with Crippen molar-refractivity contribution in [2.75, 3.05) is 21.3 Å². The van der Waals surface area contributed by atoms with Crippen molar-refractivity contribution in [3.05, 3.63) is 64.2 Å². The lowest BCUT2D eigenvalue weighted by molar-refractivity contribution is -0.115. The van der Waals surface area contributed by atoms with Crippen LogP contribution in [0.1, 0.15) is 11.1 Å². The second kappa shape index (κ2) is 7.54. The molecule has 2 aromatic carbocycles. The van der Waals surface area contributed by atoms with Gasteiger partial charge in [-0.2, -0.15) is 0 Å². The number of amides is 1. The molecule has 0 atom stereocenters. The molecule has 0 saturated carbocycles. The Bertz CT molecular complexity index is 876. The molecule has 0 saturated heterocycles. The summed E-state index contributed by atoms with van der Waals surface area (Å²) in [6.07, 6.45) is 3.57. The summed E-state index contributed by atoms with van der Waals surface area (Å²) in [5, 5.41) is 3.51. The molecule has 6 heteroatoms. The minimum absolute atomic E-state index is 0.177. The van der Waals surface area contributed by atoms with Crippen LogP contribution >= 0.6 is 11.6 Å². The molecule has 2 aromatic rings. The van der Waals surface area contributed by atoms with E-state index in [1.807, 2.05) is 12.1 Å². The minimum Gasteiger partial charge on any atom is -0.493 e. The molecule has 26 heavy (non-hydrogen) atoms. The number of methoxy groups -OCH3 is 3. The summed E-state index contributed by atoms with van der Waals surface area (Å²) >= 11 is 5.91. The number of nitrogens with one attached hydrogen (secondary N) is 1. The monoisotopic (exact) mass is 371 g/mol. The van der Waals surface area contributed by atoms with Crippen molar-refractivity contribution in [2.45, 2.75) is 0 Å². The SMILES string of the molecule is COc1cc(/C=C2\C=C(c3ccc(Cl)cc3)NC2=O)cc(OC)c1OC. The average Bonchev–Trinajstić information content (AvgIpc) is 3.01. The topological polar surface area (TPSA) is 56.8 Å². The second-order valence-electron chi connectivity index (χ2n) is 5.58. The van der Waals surface area contributed by atoms with E-state index >= 15 is 0 Å². The molecule has 0 aromatic heterocycles. The summed E-state index contributed by atoms with van der Waals surface area (Å²) in [5.74, 6) is 1.38. The highest BCUT2D eigenvalue weighted by atomic mass is 35.5. The predicted octanol–water partition coefficient (Wildman–Crippen LogP) is 3.92. The molecule has 5 nitrogen and oxygen atoms in total. The summed E-state index contributed by atoms with van der Waals surface area (Å²) in [5.41, 5.74) is 2.91. The number of rotatable bonds is 5. The van der Waals surface area contributed by atoms with E-state index in [1.165, 1.54) is 0 Å². The van der Waals surface area contributed by atoms with Crippen molar-refractivity contribution in [3.63, 3.8) is 0 Å². The highest BCUT2D eigenvalue weighted by molar-refractivity contribution is 6.30. The Balaban J connectivity index is 1.99. The molecule has 1 N–H and O–H groups in total. The third kappa shape index (κ3) is 3.53. The molecule has 1 amide bonds. The number of hydrogen-bond donors (Lipinski definition) is 1. The van der Waals surface area contributed by atoms with E-state index in [-0.39, 0.29) is 5.91 Å². The fraction of sp³-hybridized carbons (Fsp3) is 0.150. The summed E-state index contributed by atoms with van der Waals surface area (Å²) in [6, 6.07) is 10.9. The Morgan fingerprint density at radius 1 is 0.962 bits per heavy atom. The van der Waals surface area contributed by atoms with Gasteiger partial charge in [-0.3, -0.25) is 4.79 Å². The van der Waals surface area contributed by atoms with Crippen LogP contribution in [-0.4, -0.2) is 27.2 Å². The molecule has 0 fully saturated rings. The number of halogens is 1. The van der Waals surface area contributed by atoms with Crippen LogP contribution in [0.4, 0.5) is 0 Å². The Hall–Kier alpha value is -2.92. The first kappa shape index (κ1) is 17.9. The van der Waals surface area contributed by atoms with Crippen LogP contribution in [-0.2, 0) is 4.79 Å². The summed E-state index contributed by atoms with van der Waals surface area (Å²) in [4.78, 5) is 12.3. The van der Waals surface area contributed by atoms with Gasteiger partial charge in [-0.05, 0) is 47.5 Å². The zero-order chi connectivity index (χ0) is 18.7. The number of carbonyl (C=O) groups excluding carboxylic acids is 1. The zero-order valence-corrected chi connectivity index (χ0v) is 15.4. The van der Waals surface area contributed by atoms with E-state index in [2.05, 4.69) is 5.32 Å². The van der Waals surface area contributed by atoms with E-state index in [4.69, 9.17) is 25.8 Å². The summed E-state index contributed by atoms with van der Waals surface area (Å²) in [7, 11) is 4.65. The highest BCUT2D eigenvalue weighted by Crippen LogP contribution is 2.39. The van der Waals surface area contributed by atoms with Crippen molar-refractivity contribution >= 4 is 29.3 Å². The lowest BCUT2D eigenvalue weighted by Crippen LogP contribution is -2.15. The standard InChI is InChI=1S/C20H18ClNO4/c1-24-17-9-12(10-18(25-2)19(17)26-3)8-14-11-16(22-20(14)23)13-4-6-15(21)7-5-13/h4-11H,1-3H3,(H,22,23)/b14-8+. The molecular weight excluding hydrogens is 354 g/mol. The third-order valence-electron chi connectivity index (χ3n) is 3.97. The first-order valence-electron chi connectivity index (χ1n) is 7.86. The van der Waals surface area contributed by atoms with Gasteiger partial charge in [-0.25, -0.2) is 0 Å². The minimum atomic E-state index is -0.177. The molecule has 0 unspecified atom stereocenters. The normalized spacial score (nSPS) is 14.8. The Morgan fingerprint density at radius 3 is 2.12 bits per heavy atom. The number of ether oxygens (including phenoxy) is 3. The average molecular weight is 372 g/mol. The third-order valence-corrected chi connectivity index (χ3v) is 4.23. The maximum atomic E-state index is 12.3. The Labute approximate surface area is 156 Å². The fourth-order valence-electron chi connectivity index (χ4n) is 2.71. The van der Waals surface area contributed by atoms with Gasteiger partial charge in [0.15, 0.2) is 11.5 Å². The van der Waals surface area contributed by atoms with Gasteiger partial charge < -0.3 is 19.5 Å². The summed E-state index contributed by atoms with van der Waals surface area (Å²) in [6.45, 7) is 0. The van der Waals surface area contributed by atoms with Crippen molar-refractivity contribution in [3.8, 4) is 17.2 Å². The van der Waals surface area contributed by atoms with Crippen LogP contribution in [0, 0.1) is 0 Å². The lowest BCUT2D eigenvalue weighted by Gasteiger charge is -2.13. The van der Waals surface area contributed by atoms with Gasteiger partial charge in [-0.15, -0.1) is 0 Å². The van der Waals surface area contributed by atoms with Crippen LogP contribution < -0.4 is 19.5 Å². The van der Waals surface area contributed by atoms with Crippen molar-refractivity contribution in [1.82, 2.24) is 5.32 Å². The number of carbonyl (C=O) groups is 1. The fourth-order valence-corrected chi connectivity index (χ4v) is 2.83. The molecule has 1 aliphatic heterocycles. The number of hydrogen-bond acceptors (Lipinski definition) is 4. The first-order valence-corrected chi connectivity index (χ1v) is 8.24. The van der Waals surface area contributed by atoms with Crippen molar-refractivity contribution in [1.29, 1.82) is 0 Å². The van der Waals surface area contributed by atoms with Crippen LogP contribution in [0.15, 0.2) is 48.0 Å². The zero-order valence-electron chi connectivity index (χ0n) is 14.6. The molecule has 0 aliphatic carbocycles. The van der Waals surface area contributed by atoms with E-state index in [1.54, 1.807) is 57.7 Å². The molecule has 134 valence electrons. The second-order valence-corrected chi connectivity index (χ2v) is 6.01. The molecule has 0 bridgehead atoms. The molecule has 1 heterocycles. The molecule has 0 spiro atoms. The molecular formula is C20H18ClNO4. The van der Waals surface area contributed by atoms with Gasteiger partial charge in [0.05, 0.1) is 21.3 Å². The Morgan fingerprint density at radius 2 is 1.58 bits per heavy atom. The quantitative estimate of drug-likeness (QED) is 0.809. The smallest absolute Gasteiger partial charge is 0.255 e. The lowest BCUT2D eigenvalue weighted by atomic mass is 10.1.